The number of benzene rings is 1. The minimum atomic E-state index is -0.545. The largest absolute Gasteiger partial charge is 0.433 e. The number of nitro groups is 1. The van der Waals surface area contributed by atoms with Crippen molar-refractivity contribution in [1.82, 2.24) is 5.32 Å². The normalized spacial score (nSPS) is 12.4. The van der Waals surface area contributed by atoms with Gasteiger partial charge in [-0.05, 0) is 49.7 Å². The Kier molecular flexibility index (Phi) is 4.11. The highest BCUT2D eigenvalue weighted by molar-refractivity contribution is 6.31. The molecule has 1 heterocycles. The number of nitrogens with zero attached hydrogens (tertiary/aromatic N) is 1. The maximum absolute atomic E-state index is 10.7. The van der Waals surface area contributed by atoms with Gasteiger partial charge < -0.3 is 9.73 Å². The van der Waals surface area contributed by atoms with Crippen LogP contribution in [0.15, 0.2) is 28.7 Å². The molecule has 1 N–H and O–H groups in total. The van der Waals surface area contributed by atoms with Crippen molar-refractivity contribution in [3.63, 3.8) is 0 Å². The van der Waals surface area contributed by atoms with Gasteiger partial charge in [0.1, 0.15) is 10.7 Å². The topological polar surface area (TPSA) is 68.3 Å². The molecule has 0 amide bonds. The molecule has 1 unspecified atom stereocenters. The molecule has 2 rings (SSSR count). The molecular formula is C14H15ClN2O3. The van der Waals surface area contributed by atoms with Gasteiger partial charge in [0.2, 0.25) is 0 Å². The molecule has 0 aliphatic carbocycles. The lowest BCUT2D eigenvalue weighted by atomic mass is 9.97. The SMILES string of the molecule is CNC(c1ccc([N+](=O)[O-])o1)c1cc(C)c(Cl)cc1C. The Hall–Kier alpha value is -1.85. The molecule has 0 aliphatic heterocycles. The van der Waals surface area contributed by atoms with Crippen molar-refractivity contribution in [2.75, 3.05) is 7.05 Å². The van der Waals surface area contributed by atoms with Crippen LogP contribution in [-0.4, -0.2) is 12.0 Å². The fourth-order valence-electron chi connectivity index (χ4n) is 2.16. The van der Waals surface area contributed by atoms with Gasteiger partial charge in [-0.15, -0.1) is 0 Å². The molecule has 20 heavy (non-hydrogen) atoms. The molecular weight excluding hydrogens is 280 g/mol. The summed E-state index contributed by atoms with van der Waals surface area (Å²) in [5, 5.41) is 14.5. The molecule has 106 valence electrons. The monoisotopic (exact) mass is 294 g/mol. The van der Waals surface area contributed by atoms with E-state index in [0.717, 1.165) is 16.7 Å². The zero-order valence-electron chi connectivity index (χ0n) is 11.4. The second-order valence-corrected chi connectivity index (χ2v) is 5.02. The molecule has 0 bridgehead atoms. The van der Waals surface area contributed by atoms with Crippen molar-refractivity contribution in [1.29, 1.82) is 0 Å². The summed E-state index contributed by atoms with van der Waals surface area (Å²) in [4.78, 5) is 10.2. The standard InChI is InChI=1S/C14H15ClN2O3/c1-8-7-11(15)9(2)6-10(8)14(16-3)12-4-5-13(20-12)17(18)19/h4-7,14,16H,1-3H3. The second-order valence-electron chi connectivity index (χ2n) is 4.61. The number of halogens is 1. The predicted molar refractivity (Wildman–Crippen MR) is 77.2 cm³/mol. The third-order valence-electron chi connectivity index (χ3n) is 3.22. The van der Waals surface area contributed by atoms with E-state index in [1.807, 2.05) is 26.0 Å². The number of rotatable bonds is 4. The summed E-state index contributed by atoms with van der Waals surface area (Å²) in [5.41, 5.74) is 2.94. The molecule has 0 saturated heterocycles. The molecule has 1 atom stereocenters. The summed E-state index contributed by atoms with van der Waals surface area (Å²) >= 11 is 6.09. The third kappa shape index (κ3) is 2.69. The van der Waals surface area contributed by atoms with Crippen LogP contribution >= 0.6 is 11.6 Å². The van der Waals surface area contributed by atoms with Gasteiger partial charge in [0.15, 0.2) is 0 Å². The quantitative estimate of drug-likeness (QED) is 0.688. The van der Waals surface area contributed by atoms with E-state index < -0.39 is 4.92 Å². The summed E-state index contributed by atoms with van der Waals surface area (Å²) in [6.45, 7) is 3.87. The fraction of sp³-hybridized carbons (Fsp3) is 0.286. The molecule has 5 nitrogen and oxygen atoms in total. The maximum atomic E-state index is 10.7. The molecule has 0 saturated carbocycles. The summed E-state index contributed by atoms with van der Waals surface area (Å²) in [5.74, 6) is 0.243. The van der Waals surface area contributed by atoms with Crippen LogP contribution in [0.3, 0.4) is 0 Å². The van der Waals surface area contributed by atoms with Gasteiger partial charge >= 0.3 is 5.88 Å². The number of furan rings is 1. The number of hydrogen-bond acceptors (Lipinski definition) is 4. The van der Waals surface area contributed by atoms with E-state index in [1.54, 1.807) is 13.1 Å². The van der Waals surface area contributed by atoms with Crippen molar-refractivity contribution in [3.8, 4) is 0 Å². The molecule has 1 aromatic carbocycles. The van der Waals surface area contributed by atoms with E-state index in [1.165, 1.54) is 6.07 Å². The number of nitrogens with one attached hydrogen (secondary N) is 1. The summed E-state index contributed by atoms with van der Waals surface area (Å²) in [6, 6.07) is 6.57. The van der Waals surface area contributed by atoms with Crippen LogP contribution in [0.1, 0.15) is 28.5 Å². The van der Waals surface area contributed by atoms with E-state index in [0.29, 0.717) is 10.8 Å². The Balaban J connectivity index is 2.46. The van der Waals surface area contributed by atoms with Crippen molar-refractivity contribution in [2.24, 2.45) is 0 Å². The van der Waals surface area contributed by atoms with E-state index in [-0.39, 0.29) is 11.9 Å². The number of hydrogen-bond donors (Lipinski definition) is 1. The minimum Gasteiger partial charge on any atom is -0.404 e. The van der Waals surface area contributed by atoms with Crippen LogP contribution in [-0.2, 0) is 0 Å². The van der Waals surface area contributed by atoms with Crippen LogP contribution in [0.5, 0.6) is 0 Å². The maximum Gasteiger partial charge on any atom is 0.433 e. The average Bonchev–Trinajstić information content (AvgIpc) is 2.86. The molecule has 1 aromatic heterocycles. The molecule has 0 spiro atoms. The lowest BCUT2D eigenvalue weighted by Crippen LogP contribution is -2.18. The van der Waals surface area contributed by atoms with Gasteiger partial charge in [0.25, 0.3) is 0 Å². The molecule has 0 aliphatic rings. The van der Waals surface area contributed by atoms with Crippen LogP contribution in [0.25, 0.3) is 0 Å². The lowest BCUT2D eigenvalue weighted by Gasteiger charge is -2.17. The van der Waals surface area contributed by atoms with Crippen molar-refractivity contribution in [3.05, 3.63) is 61.9 Å². The highest BCUT2D eigenvalue weighted by atomic mass is 35.5. The van der Waals surface area contributed by atoms with Gasteiger partial charge in [-0.25, -0.2) is 0 Å². The molecule has 0 fully saturated rings. The molecule has 0 radical (unpaired) electrons. The Morgan fingerprint density at radius 3 is 2.55 bits per heavy atom. The number of aryl methyl sites for hydroxylation is 2. The summed E-state index contributed by atoms with van der Waals surface area (Å²) in [6.07, 6.45) is 0. The van der Waals surface area contributed by atoms with Crippen LogP contribution < -0.4 is 5.32 Å². The van der Waals surface area contributed by atoms with Gasteiger partial charge in [0, 0.05) is 5.02 Å². The predicted octanol–water partition coefficient (Wildman–Crippen LogP) is 3.77. The first-order valence-electron chi connectivity index (χ1n) is 6.12. The highest BCUT2D eigenvalue weighted by Gasteiger charge is 2.22. The molecule has 2 aromatic rings. The minimum absolute atomic E-state index is 0.250. The van der Waals surface area contributed by atoms with E-state index >= 15 is 0 Å². The molecule has 6 heteroatoms. The fourth-order valence-corrected chi connectivity index (χ4v) is 2.38. The second kappa shape index (κ2) is 5.64. The first kappa shape index (κ1) is 14.6. The average molecular weight is 295 g/mol. The van der Waals surface area contributed by atoms with Gasteiger partial charge in [-0.3, -0.25) is 10.1 Å². The summed E-state index contributed by atoms with van der Waals surface area (Å²) < 4.78 is 5.28. The lowest BCUT2D eigenvalue weighted by molar-refractivity contribution is -0.402. The van der Waals surface area contributed by atoms with E-state index in [9.17, 15) is 10.1 Å². The van der Waals surface area contributed by atoms with Crippen LogP contribution in [0.4, 0.5) is 5.88 Å². The van der Waals surface area contributed by atoms with E-state index in [2.05, 4.69) is 5.32 Å². The zero-order chi connectivity index (χ0) is 14.9. The Bertz CT molecular complexity index is 652. The first-order chi connectivity index (χ1) is 9.43. The van der Waals surface area contributed by atoms with Crippen molar-refractivity contribution in [2.45, 2.75) is 19.9 Å². The van der Waals surface area contributed by atoms with Gasteiger partial charge in [-0.2, -0.15) is 0 Å². The third-order valence-corrected chi connectivity index (χ3v) is 3.63. The Labute approximate surface area is 121 Å². The first-order valence-corrected chi connectivity index (χ1v) is 6.50. The summed E-state index contributed by atoms with van der Waals surface area (Å²) in [7, 11) is 1.78. The Morgan fingerprint density at radius 1 is 1.30 bits per heavy atom. The van der Waals surface area contributed by atoms with Gasteiger partial charge in [-0.1, -0.05) is 17.7 Å². The zero-order valence-corrected chi connectivity index (χ0v) is 12.2. The highest BCUT2D eigenvalue weighted by Crippen LogP contribution is 2.31. The van der Waals surface area contributed by atoms with E-state index in [4.69, 9.17) is 16.0 Å². The Morgan fingerprint density at radius 2 is 2.00 bits per heavy atom. The van der Waals surface area contributed by atoms with Crippen LogP contribution in [0.2, 0.25) is 5.02 Å². The van der Waals surface area contributed by atoms with Crippen molar-refractivity contribution < 1.29 is 9.34 Å². The van der Waals surface area contributed by atoms with Gasteiger partial charge in [0.05, 0.1) is 12.1 Å². The van der Waals surface area contributed by atoms with Crippen molar-refractivity contribution >= 4 is 17.5 Å². The van der Waals surface area contributed by atoms with Crippen LogP contribution in [0, 0.1) is 24.0 Å². The smallest absolute Gasteiger partial charge is 0.404 e.